The van der Waals surface area contributed by atoms with Crippen molar-refractivity contribution in [2.24, 2.45) is 11.8 Å². The minimum absolute atomic E-state index is 0.00136. The number of rotatable bonds is 6. The van der Waals surface area contributed by atoms with Gasteiger partial charge < -0.3 is 14.9 Å². The molecule has 2 bridgehead atoms. The topological polar surface area (TPSA) is 91.6 Å². The van der Waals surface area contributed by atoms with Crippen LogP contribution in [0.4, 0.5) is 13.2 Å². The summed E-state index contributed by atoms with van der Waals surface area (Å²) >= 11 is 0. The second-order valence-electron chi connectivity index (χ2n) is 13.7. The Morgan fingerprint density at radius 3 is 2.69 bits per heavy atom. The van der Waals surface area contributed by atoms with Crippen LogP contribution in [0.3, 0.4) is 0 Å². The Labute approximate surface area is 259 Å². The zero-order valence-corrected chi connectivity index (χ0v) is 25.3. The normalized spacial score (nSPS) is 29.6. The third kappa shape index (κ3) is 4.66. The number of alkyl halides is 1. The van der Waals surface area contributed by atoms with Gasteiger partial charge in [-0.3, -0.25) is 9.88 Å². The van der Waals surface area contributed by atoms with Crippen LogP contribution in [-0.2, 0) is 6.42 Å². The highest BCUT2D eigenvalue weighted by atomic mass is 19.1. The second-order valence-corrected chi connectivity index (χ2v) is 13.7. The van der Waals surface area contributed by atoms with Gasteiger partial charge in [-0.1, -0.05) is 13.0 Å². The molecule has 4 aromatic rings. The van der Waals surface area contributed by atoms with Gasteiger partial charge in [-0.05, 0) is 97.9 Å². The minimum Gasteiger partial charge on any atom is -0.508 e. The molecule has 4 fully saturated rings. The van der Waals surface area contributed by atoms with E-state index in [0.717, 1.165) is 32.2 Å². The average Bonchev–Trinajstić information content (AvgIpc) is 3.63. The first kappa shape index (κ1) is 28.9. The molecule has 4 aliphatic rings. The predicted octanol–water partition coefficient (Wildman–Crippen LogP) is 6.61. The molecule has 6 atom stereocenters. The summed E-state index contributed by atoms with van der Waals surface area (Å²) in [5.74, 6) is -0.796. The molecular formula is C35H37F3N4O3. The highest BCUT2D eigenvalue weighted by Gasteiger charge is 2.50. The van der Waals surface area contributed by atoms with Crippen LogP contribution in [0, 0.1) is 23.5 Å². The van der Waals surface area contributed by atoms with Gasteiger partial charge in [-0.2, -0.15) is 9.97 Å². The fourth-order valence-corrected chi connectivity index (χ4v) is 9.19. The minimum atomic E-state index is -0.910. The number of aliphatic hydroxyl groups is 1. The van der Waals surface area contributed by atoms with Gasteiger partial charge in [-0.25, -0.2) is 13.2 Å². The van der Waals surface area contributed by atoms with Crippen LogP contribution in [0.1, 0.15) is 69.0 Å². The molecule has 4 heterocycles. The van der Waals surface area contributed by atoms with Gasteiger partial charge in [0.15, 0.2) is 5.82 Å². The largest absolute Gasteiger partial charge is 0.508 e. The number of phenolic OH excluding ortho intramolecular Hbond substituents is 1. The van der Waals surface area contributed by atoms with E-state index in [9.17, 15) is 19.0 Å². The third-order valence-corrected chi connectivity index (χ3v) is 11.1. The highest BCUT2D eigenvalue weighted by molar-refractivity contribution is 6.01. The molecule has 2 aliphatic heterocycles. The summed E-state index contributed by atoms with van der Waals surface area (Å²) in [6.45, 7) is 3.26. The van der Waals surface area contributed by atoms with E-state index in [1.165, 1.54) is 18.2 Å². The Morgan fingerprint density at radius 2 is 1.91 bits per heavy atom. The first-order valence-electron chi connectivity index (χ1n) is 16.2. The summed E-state index contributed by atoms with van der Waals surface area (Å²) in [7, 11) is 0. The molecule has 0 spiro atoms. The van der Waals surface area contributed by atoms with Crippen LogP contribution < -0.4 is 4.74 Å². The Kier molecular flexibility index (Phi) is 6.94. The molecule has 8 rings (SSSR count). The fraction of sp³-hybridized carbons (Fsp3) is 0.514. The Morgan fingerprint density at radius 1 is 1.11 bits per heavy atom. The van der Waals surface area contributed by atoms with Gasteiger partial charge in [-0.15, -0.1) is 0 Å². The molecule has 0 radical (unpaired) electrons. The highest BCUT2D eigenvalue weighted by Crippen LogP contribution is 2.53. The van der Waals surface area contributed by atoms with Crippen LogP contribution in [0.2, 0.25) is 0 Å². The smallest absolute Gasteiger partial charge is 0.317 e. The second kappa shape index (κ2) is 10.8. The monoisotopic (exact) mass is 618 g/mol. The quantitative estimate of drug-likeness (QED) is 0.251. The number of halogens is 3. The average molecular weight is 619 g/mol. The van der Waals surface area contributed by atoms with E-state index in [-0.39, 0.29) is 59.0 Å². The number of aromatic nitrogens is 3. The molecule has 2 aromatic carbocycles. The van der Waals surface area contributed by atoms with Gasteiger partial charge in [0, 0.05) is 36.0 Å². The molecule has 1 unspecified atom stereocenters. The van der Waals surface area contributed by atoms with Crippen LogP contribution in [0.5, 0.6) is 11.8 Å². The van der Waals surface area contributed by atoms with Gasteiger partial charge in [0.1, 0.15) is 35.6 Å². The molecule has 2 aliphatic carbocycles. The number of fused-ring (bicyclic) bond motifs is 5. The lowest BCUT2D eigenvalue weighted by molar-refractivity contribution is 0.0822. The maximum absolute atomic E-state index is 16.9. The van der Waals surface area contributed by atoms with Crippen molar-refractivity contribution in [2.75, 3.05) is 19.7 Å². The van der Waals surface area contributed by atoms with Crippen molar-refractivity contribution in [3.8, 4) is 23.0 Å². The predicted molar refractivity (Wildman–Crippen MR) is 164 cm³/mol. The van der Waals surface area contributed by atoms with Crippen molar-refractivity contribution in [1.29, 1.82) is 0 Å². The zero-order valence-electron chi connectivity index (χ0n) is 25.3. The number of hydrogen-bond acceptors (Lipinski definition) is 7. The number of benzene rings is 2. The molecule has 7 nitrogen and oxygen atoms in total. The van der Waals surface area contributed by atoms with E-state index in [2.05, 4.69) is 14.9 Å². The van der Waals surface area contributed by atoms with Crippen LogP contribution >= 0.6 is 0 Å². The molecule has 0 amide bonds. The number of phenols is 1. The molecule has 2 saturated carbocycles. The van der Waals surface area contributed by atoms with E-state index < -0.39 is 23.3 Å². The lowest BCUT2D eigenvalue weighted by Gasteiger charge is -2.33. The van der Waals surface area contributed by atoms with E-state index in [0.29, 0.717) is 59.6 Å². The maximum Gasteiger partial charge on any atom is 0.317 e. The summed E-state index contributed by atoms with van der Waals surface area (Å²) in [5, 5.41) is 22.6. The van der Waals surface area contributed by atoms with E-state index >= 15 is 4.39 Å². The first-order chi connectivity index (χ1) is 21.7. The van der Waals surface area contributed by atoms with Crippen LogP contribution in [0.25, 0.3) is 32.9 Å². The molecule has 2 saturated heterocycles. The lowest BCUT2D eigenvalue weighted by atomic mass is 9.75. The summed E-state index contributed by atoms with van der Waals surface area (Å²) in [5.41, 5.74) is 0.949. The standard InChI is InChI=1S/C35H37F3N4O3/c1-2-24-27(37)7-6-20-12-23(44)13-25(29(20)24)32-30(38)33-26(15-39-32)31(28-18-4-5-19(28)11-22(43)10-18)40-34(41-33)45-17-35-8-3-9-42(35)16-21(36)14-35/h6-7,12-13,15,18-19,21-22,28,43-44H,2-5,8-11,14,16-17H2,1H3/t18-,19+,21-,22+,28?,35+/m1/s1. The van der Waals surface area contributed by atoms with Gasteiger partial charge in [0.2, 0.25) is 0 Å². The SMILES string of the molecule is CCc1c(F)ccc2cc(O)cc(-c3ncc4c(C5[C@@H]6CC[C@H]5C[C@@H](O)C6)nc(OC[C@@]56CCCN5C[C@H](F)C6)nc4c3F)c12. The molecule has 2 aromatic heterocycles. The van der Waals surface area contributed by atoms with E-state index in [1.54, 1.807) is 12.3 Å². The van der Waals surface area contributed by atoms with Crippen molar-refractivity contribution in [1.82, 2.24) is 19.9 Å². The van der Waals surface area contributed by atoms with Gasteiger partial charge in [0.05, 0.1) is 17.3 Å². The van der Waals surface area contributed by atoms with Crippen molar-refractivity contribution >= 4 is 21.7 Å². The van der Waals surface area contributed by atoms with Crippen molar-refractivity contribution in [3.63, 3.8) is 0 Å². The maximum atomic E-state index is 16.9. The number of nitrogens with zero attached hydrogens (tertiary/aromatic N) is 4. The number of hydrogen-bond donors (Lipinski definition) is 2. The Hall–Kier alpha value is -3.50. The number of ether oxygens (including phenoxy) is 1. The fourth-order valence-electron chi connectivity index (χ4n) is 9.19. The third-order valence-electron chi connectivity index (χ3n) is 11.1. The number of aryl methyl sites for hydroxylation is 1. The number of aliphatic hydroxyl groups excluding tert-OH is 1. The van der Waals surface area contributed by atoms with Crippen molar-refractivity contribution < 1.29 is 28.1 Å². The summed E-state index contributed by atoms with van der Waals surface area (Å²) < 4.78 is 52.6. The summed E-state index contributed by atoms with van der Waals surface area (Å²) in [6.07, 6.45) is 6.10. The van der Waals surface area contributed by atoms with E-state index in [4.69, 9.17) is 9.72 Å². The van der Waals surface area contributed by atoms with E-state index in [1.807, 2.05) is 6.92 Å². The lowest BCUT2D eigenvalue weighted by Crippen LogP contribution is -2.43. The molecule has 10 heteroatoms. The molecular weight excluding hydrogens is 581 g/mol. The number of aromatic hydroxyl groups is 1. The Bertz CT molecular complexity index is 1810. The molecule has 236 valence electrons. The first-order valence-corrected chi connectivity index (χ1v) is 16.2. The van der Waals surface area contributed by atoms with Crippen molar-refractivity contribution in [2.45, 2.75) is 82.0 Å². The van der Waals surface area contributed by atoms with Gasteiger partial charge in [0.25, 0.3) is 0 Å². The van der Waals surface area contributed by atoms with Gasteiger partial charge >= 0.3 is 6.01 Å². The Balaban J connectivity index is 1.29. The summed E-state index contributed by atoms with van der Waals surface area (Å²) in [4.78, 5) is 16.2. The van der Waals surface area contributed by atoms with Crippen LogP contribution in [-0.4, -0.2) is 67.6 Å². The zero-order chi connectivity index (χ0) is 31.0. The van der Waals surface area contributed by atoms with Crippen molar-refractivity contribution in [3.05, 3.63) is 53.4 Å². The molecule has 45 heavy (non-hydrogen) atoms. The summed E-state index contributed by atoms with van der Waals surface area (Å²) in [6, 6.07) is 5.92. The number of pyridine rings is 1. The molecule has 2 N–H and O–H groups in total. The van der Waals surface area contributed by atoms with Crippen LogP contribution in [0.15, 0.2) is 30.5 Å².